The van der Waals surface area contributed by atoms with E-state index < -0.39 is 0 Å². The van der Waals surface area contributed by atoms with E-state index >= 15 is 0 Å². The maximum Gasteiger partial charge on any atom is 0.238 e. The maximum absolute atomic E-state index is 13.6. The van der Waals surface area contributed by atoms with Crippen molar-refractivity contribution >= 4 is 57.6 Å². The summed E-state index contributed by atoms with van der Waals surface area (Å²) in [5.41, 5.74) is 4.87. The van der Waals surface area contributed by atoms with E-state index in [1.54, 1.807) is 22.8 Å². The van der Waals surface area contributed by atoms with Crippen molar-refractivity contribution in [2.75, 3.05) is 5.32 Å². The number of nitrogens with zero attached hydrogens (tertiary/aromatic N) is 1. The average molecular weight is 485 g/mol. The lowest BCUT2D eigenvalue weighted by atomic mass is 9.88. The smallest absolute Gasteiger partial charge is 0.238 e. The van der Waals surface area contributed by atoms with Gasteiger partial charge in [0.15, 0.2) is 17.4 Å². The summed E-state index contributed by atoms with van der Waals surface area (Å²) in [6, 6.07) is 14.8. The third kappa shape index (κ3) is 5.32. The molecule has 6 heteroatoms. The number of pyridine rings is 1. The number of benzene rings is 2. The first-order valence-electron chi connectivity index (χ1n) is 10.3. The predicted octanol–water partition coefficient (Wildman–Crippen LogP) is 6.32. The van der Waals surface area contributed by atoms with Gasteiger partial charge in [-0.2, -0.15) is 4.57 Å². The van der Waals surface area contributed by atoms with Gasteiger partial charge in [-0.05, 0) is 59.4 Å². The molecule has 0 bridgehead atoms. The number of halogens is 2. The van der Waals surface area contributed by atoms with Crippen molar-refractivity contribution in [1.82, 2.24) is 0 Å². The quantitative estimate of drug-likeness (QED) is 0.203. The Bertz CT molecular complexity index is 1180. The molecule has 0 saturated heterocycles. The summed E-state index contributed by atoms with van der Waals surface area (Å²) in [7, 11) is 0. The van der Waals surface area contributed by atoms with Crippen LogP contribution in [0.1, 0.15) is 43.0 Å². The molecule has 1 heterocycles. The standard InChI is InChI=1S/C26H26Cl2N2OS/c1-16-7-6-8-17(2)22(16)29-25(32)23(24(31)18-9-10-20(27)21(28)15-18)30-13-11-19(12-14-30)26(3,4)5/h6-15H,1-5H3,(H-,29,31,32). The molecule has 0 saturated carbocycles. The number of aromatic nitrogens is 1. The second-order valence-electron chi connectivity index (χ2n) is 8.77. The molecule has 0 spiro atoms. The summed E-state index contributed by atoms with van der Waals surface area (Å²) in [5.74, 6) is -0.249. The Morgan fingerprint density at radius 3 is 2.06 bits per heavy atom. The minimum Gasteiger partial charge on any atom is -0.867 e. The number of rotatable bonds is 4. The Balaban J connectivity index is 2.14. The summed E-state index contributed by atoms with van der Waals surface area (Å²) in [6.07, 6.45) is 3.73. The summed E-state index contributed by atoms with van der Waals surface area (Å²) in [4.78, 5) is 0.326. The monoisotopic (exact) mass is 484 g/mol. The van der Waals surface area contributed by atoms with Crippen molar-refractivity contribution in [3.05, 3.63) is 93.2 Å². The fraction of sp³-hybridized carbons (Fsp3) is 0.231. The lowest BCUT2D eigenvalue weighted by Crippen LogP contribution is -2.40. The van der Waals surface area contributed by atoms with Gasteiger partial charge in [0.2, 0.25) is 5.70 Å². The van der Waals surface area contributed by atoms with Crippen molar-refractivity contribution in [2.24, 2.45) is 0 Å². The zero-order valence-electron chi connectivity index (χ0n) is 18.8. The lowest BCUT2D eigenvalue weighted by Gasteiger charge is -2.20. The molecule has 0 aliphatic heterocycles. The summed E-state index contributed by atoms with van der Waals surface area (Å²) < 4.78 is 1.75. The minimum absolute atomic E-state index is 0.00993. The van der Waals surface area contributed by atoms with E-state index in [4.69, 9.17) is 35.4 Å². The molecule has 3 aromatic rings. The first-order valence-corrected chi connectivity index (χ1v) is 11.4. The average Bonchev–Trinajstić information content (AvgIpc) is 2.72. The number of nitrogens with one attached hydrogen (secondary N) is 1. The Morgan fingerprint density at radius 1 is 0.938 bits per heavy atom. The minimum atomic E-state index is -0.249. The molecule has 3 rings (SSSR count). The topological polar surface area (TPSA) is 39.0 Å². The van der Waals surface area contributed by atoms with Crippen LogP contribution in [0, 0.1) is 13.8 Å². The van der Waals surface area contributed by atoms with E-state index in [1.165, 1.54) is 0 Å². The van der Waals surface area contributed by atoms with Crippen LogP contribution in [0.2, 0.25) is 10.0 Å². The summed E-state index contributed by atoms with van der Waals surface area (Å²) in [6.45, 7) is 10.4. The molecule has 32 heavy (non-hydrogen) atoms. The number of para-hydroxylation sites is 1. The highest BCUT2D eigenvalue weighted by atomic mass is 35.5. The molecule has 3 nitrogen and oxygen atoms in total. The van der Waals surface area contributed by atoms with Crippen LogP contribution in [0.4, 0.5) is 5.69 Å². The van der Waals surface area contributed by atoms with E-state index in [-0.39, 0.29) is 11.2 Å². The largest absolute Gasteiger partial charge is 0.867 e. The van der Waals surface area contributed by atoms with Gasteiger partial charge < -0.3 is 10.4 Å². The third-order valence-electron chi connectivity index (χ3n) is 5.29. The van der Waals surface area contributed by atoms with Gasteiger partial charge in [0.1, 0.15) is 0 Å². The van der Waals surface area contributed by atoms with E-state index in [0.29, 0.717) is 26.3 Å². The van der Waals surface area contributed by atoms with E-state index in [0.717, 1.165) is 22.4 Å². The Morgan fingerprint density at radius 2 is 1.53 bits per heavy atom. The molecule has 0 aliphatic rings. The third-order valence-corrected chi connectivity index (χ3v) is 6.32. The highest BCUT2D eigenvalue weighted by Crippen LogP contribution is 2.27. The van der Waals surface area contributed by atoms with Gasteiger partial charge in [-0.25, -0.2) is 0 Å². The Kier molecular flexibility index (Phi) is 7.29. The van der Waals surface area contributed by atoms with Crippen LogP contribution in [0.15, 0.2) is 60.9 Å². The van der Waals surface area contributed by atoms with Crippen molar-refractivity contribution in [1.29, 1.82) is 0 Å². The van der Waals surface area contributed by atoms with E-state index in [9.17, 15) is 5.11 Å². The van der Waals surface area contributed by atoms with Crippen molar-refractivity contribution in [2.45, 2.75) is 40.0 Å². The fourth-order valence-corrected chi connectivity index (χ4v) is 3.97. The molecule has 0 aliphatic carbocycles. The second-order valence-corrected chi connectivity index (χ2v) is 9.99. The molecule has 0 fully saturated rings. The summed E-state index contributed by atoms with van der Waals surface area (Å²) in [5, 5.41) is 17.6. The van der Waals surface area contributed by atoms with Crippen LogP contribution < -0.4 is 15.0 Å². The van der Waals surface area contributed by atoms with Gasteiger partial charge in [-0.15, -0.1) is 0 Å². The number of thiocarbonyl (C=S) groups is 1. The van der Waals surface area contributed by atoms with Crippen molar-refractivity contribution in [3.8, 4) is 0 Å². The lowest BCUT2D eigenvalue weighted by molar-refractivity contribution is -0.577. The summed E-state index contributed by atoms with van der Waals surface area (Å²) >= 11 is 18.0. The number of hydrogen-bond acceptors (Lipinski definition) is 2. The van der Waals surface area contributed by atoms with Gasteiger partial charge in [-0.3, -0.25) is 0 Å². The maximum atomic E-state index is 13.6. The first kappa shape index (κ1) is 24.2. The van der Waals surface area contributed by atoms with E-state index in [2.05, 4.69) is 26.1 Å². The number of hydrogen-bond donors (Lipinski definition) is 1. The van der Waals surface area contributed by atoms with Crippen LogP contribution in [0.3, 0.4) is 0 Å². The second kappa shape index (κ2) is 9.62. The van der Waals surface area contributed by atoms with Gasteiger partial charge in [0.25, 0.3) is 0 Å². The van der Waals surface area contributed by atoms with Crippen LogP contribution in [0.25, 0.3) is 11.5 Å². The van der Waals surface area contributed by atoms with Gasteiger partial charge >= 0.3 is 0 Å². The Labute approximate surface area is 205 Å². The molecule has 1 aromatic heterocycles. The molecule has 0 amide bonds. The molecule has 0 unspecified atom stereocenters. The molecule has 1 N–H and O–H groups in total. The van der Waals surface area contributed by atoms with Crippen molar-refractivity contribution in [3.63, 3.8) is 0 Å². The molecular formula is C26H26Cl2N2OS. The molecule has 166 valence electrons. The van der Waals surface area contributed by atoms with Crippen LogP contribution in [0.5, 0.6) is 0 Å². The highest BCUT2D eigenvalue weighted by molar-refractivity contribution is 7.81. The van der Waals surface area contributed by atoms with Crippen LogP contribution in [-0.2, 0) is 5.41 Å². The molecule has 2 aromatic carbocycles. The molecule has 0 radical (unpaired) electrons. The van der Waals surface area contributed by atoms with Gasteiger partial charge in [-0.1, -0.05) is 80.5 Å². The molecule has 0 atom stereocenters. The SMILES string of the molecule is Cc1cccc(C)c1NC(=S)/C(=C(\[O-])c1ccc(Cl)c(Cl)c1)[n+]1ccc(C(C)(C)C)cc1. The molecular weight excluding hydrogens is 459 g/mol. The first-order chi connectivity index (χ1) is 15.0. The fourth-order valence-electron chi connectivity index (χ4n) is 3.37. The number of anilines is 1. The van der Waals surface area contributed by atoms with Crippen LogP contribution >= 0.6 is 35.4 Å². The van der Waals surface area contributed by atoms with Gasteiger partial charge in [0.05, 0.1) is 10.0 Å². The van der Waals surface area contributed by atoms with Crippen LogP contribution in [-0.4, -0.2) is 4.99 Å². The zero-order chi connectivity index (χ0) is 23.6. The number of aryl methyl sites for hydroxylation is 2. The van der Waals surface area contributed by atoms with Crippen molar-refractivity contribution < 1.29 is 9.67 Å². The normalized spacial score (nSPS) is 12.3. The highest BCUT2D eigenvalue weighted by Gasteiger charge is 2.22. The zero-order valence-corrected chi connectivity index (χ0v) is 21.1. The van der Waals surface area contributed by atoms with E-state index in [1.807, 2.05) is 56.6 Å². The van der Waals surface area contributed by atoms with Gasteiger partial charge in [0, 0.05) is 17.8 Å². The predicted molar refractivity (Wildman–Crippen MR) is 137 cm³/mol. The Hall–Kier alpha value is -2.40.